The van der Waals surface area contributed by atoms with Crippen molar-refractivity contribution in [2.45, 2.75) is 25.4 Å². The third-order valence-corrected chi connectivity index (χ3v) is 4.89. The SMILES string of the molecule is OC(c1ccsc1Cl)C1CC2CC2C1. The number of hydrogen-bond acceptors (Lipinski definition) is 2. The standard InChI is InChI=1S/C11H13ClOS/c12-11-9(1-2-14-11)10(13)8-4-6-3-7(6)5-8/h1-2,6-8,10,13H,3-5H2. The molecule has 3 rings (SSSR count). The van der Waals surface area contributed by atoms with Crippen LogP contribution in [0, 0.1) is 17.8 Å². The summed E-state index contributed by atoms with van der Waals surface area (Å²) in [7, 11) is 0. The van der Waals surface area contributed by atoms with Crippen molar-refractivity contribution in [2.24, 2.45) is 17.8 Å². The molecule has 3 unspecified atom stereocenters. The Morgan fingerprint density at radius 2 is 2.07 bits per heavy atom. The Morgan fingerprint density at radius 1 is 1.36 bits per heavy atom. The van der Waals surface area contributed by atoms with Gasteiger partial charge >= 0.3 is 0 Å². The monoisotopic (exact) mass is 228 g/mol. The van der Waals surface area contributed by atoms with Gasteiger partial charge in [0.15, 0.2) is 0 Å². The fraction of sp³-hybridized carbons (Fsp3) is 0.636. The summed E-state index contributed by atoms with van der Waals surface area (Å²) in [5.41, 5.74) is 0.947. The van der Waals surface area contributed by atoms with Gasteiger partial charge in [-0.15, -0.1) is 11.3 Å². The molecule has 1 N–H and O–H groups in total. The molecule has 0 aliphatic heterocycles. The highest BCUT2D eigenvalue weighted by Crippen LogP contribution is 2.57. The third-order valence-electron chi connectivity index (χ3n) is 3.69. The zero-order valence-electron chi connectivity index (χ0n) is 7.82. The van der Waals surface area contributed by atoms with E-state index in [1.54, 1.807) is 0 Å². The van der Waals surface area contributed by atoms with Gasteiger partial charge in [0.05, 0.1) is 10.4 Å². The van der Waals surface area contributed by atoms with Crippen LogP contribution in [-0.4, -0.2) is 5.11 Å². The summed E-state index contributed by atoms with van der Waals surface area (Å²) in [6.45, 7) is 0. The highest BCUT2D eigenvalue weighted by Gasteiger charge is 2.48. The minimum absolute atomic E-state index is 0.318. The van der Waals surface area contributed by atoms with Crippen LogP contribution in [0.1, 0.15) is 30.9 Å². The second-order valence-electron chi connectivity index (χ2n) is 4.58. The maximum Gasteiger partial charge on any atom is 0.0986 e. The lowest BCUT2D eigenvalue weighted by Crippen LogP contribution is -2.10. The first-order valence-electron chi connectivity index (χ1n) is 5.16. The molecule has 2 saturated carbocycles. The van der Waals surface area contributed by atoms with Crippen LogP contribution in [0.5, 0.6) is 0 Å². The first-order valence-corrected chi connectivity index (χ1v) is 6.42. The molecule has 0 bridgehead atoms. The normalized spacial score (nSPS) is 36.9. The second-order valence-corrected chi connectivity index (χ2v) is 6.10. The number of hydrogen-bond donors (Lipinski definition) is 1. The summed E-state index contributed by atoms with van der Waals surface area (Å²) < 4.78 is 0.762. The molecule has 14 heavy (non-hydrogen) atoms. The zero-order chi connectivity index (χ0) is 9.71. The van der Waals surface area contributed by atoms with Crippen LogP contribution >= 0.6 is 22.9 Å². The molecule has 2 aliphatic carbocycles. The summed E-state index contributed by atoms with van der Waals surface area (Å²) in [6.07, 6.45) is 3.50. The molecule has 76 valence electrons. The van der Waals surface area contributed by atoms with Crippen molar-refractivity contribution in [3.63, 3.8) is 0 Å². The van der Waals surface area contributed by atoms with Gasteiger partial charge in [0, 0.05) is 5.56 Å². The summed E-state index contributed by atoms with van der Waals surface area (Å²) in [5.74, 6) is 2.31. The molecule has 1 nitrogen and oxygen atoms in total. The van der Waals surface area contributed by atoms with Crippen LogP contribution in [0.4, 0.5) is 0 Å². The molecular weight excluding hydrogens is 216 g/mol. The third kappa shape index (κ3) is 1.40. The van der Waals surface area contributed by atoms with Crippen molar-refractivity contribution in [3.8, 4) is 0 Å². The number of thiophene rings is 1. The summed E-state index contributed by atoms with van der Waals surface area (Å²) in [4.78, 5) is 0. The van der Waals surface area contributed by atoms with Gasteiger partial charge in [0.1, 0.15) is 0 Å². The van der Waals surface area contributed by atoms with Gasteiger partial charge in [0.2, 0.25) is 0 Å². The number of fused-ring (bicyclic) bond motifs is 1. The lowest BCUT2D eigenvalue weighted by atomic mass is 9.93. The quantitative estimate of drug-likeness (QED) is 0.822. The Bertz CT molecular complexity index is 339. The van der Waals surface area contributed by atoms with Crippen LogP contribution in [0.3, 0.4) is 0 Å². The molecule has 1 heterocycles. The van der Waals surface area contributed by atoms with Gasteiger partial charge in [-0.3, -0.25) is 0 Å². The fourth-order valence-electron chi connectivity index (χ4n) is 2.79. The molecule has 0 saturated heterocycles. The summed E-state index contributed by atoms with van der Waals surface area (Å²) in [6, 6.07) is 1.96. The molecule has 0 aromatic carbocycles. The topological polar surface area (TPSA) is 20.2 Å². The van der Waals surface area contributed by atoms with Crippen LogP contribution < -0.4 is 0 Å². The molecular formula is C11H13ClOS. The van der Waals surface area contributed by atoms with Crippen molar-refractivity contribution in [3.05, 3.63) is 21.3 Å². The molecule has 0 amide bonds. The lowest BCUT2D eigenvalue weighted by molar-refractivity contribution is 0.105. The van der Waals surface area contributed by atoms with Gasteiger partial charge in [-0.25, -0.2) is 0 Å². The van der Waals surface area contributed by atoms with Crippen LogP contribution in [0.2, 0.25) is 4.34 Å². The Balaban J connectivity index is 1.76. The molecule has 0 radical (unpaired) electrons. The fourth-order valence-corrected chi connectivity index (χ4v) is 3.78. The number of aliphatic hydroxyl groups excluding tert-OH is 1. The Hall–Kier alpha value is -0.0500. The zero-order valence-corrected chi connectivity index (χ0v) is 9.39. The predicted octanol–water partition coefficient (Wildman–Crippen LogP) is 3.48. The first kappa shape index (κ1) is 9.20. The van der Waals surface area contributed by atoms with E-state index in [4.69, 9.17) is 11.6 Å². The number of rotatable bonds is 2. The average Bonchev–Trinajstić information content (AvgIpc) is 2.64. The Morgan fingerprint density at radius 3 is 2.64 bits per heavy atom. The minimum Gasteiger partial charge on any atom is -0.388 e. The summed E-state index contributed by atoms with van der Waals surface area (Å²) in [5, 5.41) is 12.1. The van der Waals surface area contributed by atoms with Crippen LogP contribution in [0.15, 0.2) is 11.4 Å². The molecule has 1 aromatic rings. The van der Waals surface area contributed by atoms with E-state index in [1.807, 2.05) is 11.4 Å². The van der Waals surface area contributed by atoms with E-state index in [0.717, 1.165) is 21.7 Å². The van der Waals surface area contributed by atoms with E-state index in [2.05, 4.69) is 0 Å². The van der Waals surface area contributed by atoms with Crippen molar-refractivity contribution in [2.75, 3.05) is 0 Å². The molecule has 2 aliphatic rings. The maximum atomic E-state index is 10.2. The molecule has 2 fully saturated rings. The maximum absolute atomic E-state index is 10.2. The van der Waals surface area contributed by atoms with Crippen molar-refractivity contribution < 1.29 is 5.11 Å². The van der Waals surface area contributed by atoms with Crippen LogP contribution in [0.25, 0.3) is 0 Å². The number of halogens is 1. The van der Waals surface area contributed by atoms with E-state index >= 15 is 0 Å². The molecule has 1 aromatic heterocycles. The van der Waals surface area contributed by atoms with Gasteiger partial charge in [-0.1, -0.05) is 11.6 Å². The highest BCUT2D eigenvalue weighted by molar-refractivity contribution is 7.14. The van der Waals surface area contributed by atoms with Gasteiger partial charge in [-0.05, 0) is 48.5 Å². The van der Waals surface area contributed by atoms with E-state index in [-0.39, 0.29) is 6.10 Å². The van der Waals surface area contributed by atoms with Gasteiger partial charge in [0.25, 0.3) is 0 Å². The van der Waals surface area contributed by atoms with E-state index in [1.165, 1.54) is 30.6 Å². The van der Waals surface area contributed by atoms with Gasteiger partial charge in [-0.2, -0.15) is 0 Å². The lowest BCUT2D eigenvalue weighted by Gasteiger charge is -2.18. The van der Waals surface area contributed by atoms with E-state index < -0.39 is 0 Å². The van der Waals surface area contributed by atoms with Crippen molar-refractivity contribution >= 4 is 22.9 Å². The largest absolute Gasteiger partial charge is 0.388 e. The van der Waals surface area contributed by atoms with Crippen molar-refractivity contribution in [1.29, 1.82) is 0 Å². The Kier molecular flexibility index (Phi) is 2.12. The second kappa shape index (κ2) is 3.22. The predicted molar refractivity (Wildman–Crippen MR) is 58.6 cm³/mol. The summed E-state index contributed by atoms with van der Waals surface area (Å²) >= 11 is 7.53. The smallest absolute Gasteiger partial charge is 0.0986 e. The minimum atomic E-state index is -0.318. The molecule has 3 heteroatoms. The highest BCUT2D eigenvalue weighted by atomic mass is 35.5. The first-order chi connectivity index (χ1) is 6.75. The Labute approximate surface area is 92.7 Å². The van der Waals surface area contributed by atoms with Crippen LogP contribution in [-0.2, 0) is 0 Å². The van der Waals surface area contributed by atoms with E-state index in [9.17, 15) is 5.11 Å². The van der Waals surface area contributed by atoms with Gasteiger partial charge < -0.3 is 5.11 Å². The van der Waals surface area contributed by atoms with Crippen molar-refractivity contribution in [1.82, 2.24) is 0 Å². The molecule has 3 atom stereocenters. The number of aliphatic hydroxyl groups is 1. The average molecular weight is 229 g/mol. The van der Waals surface area contributed by atoms with E-state index in [0.29, 0.717) is 5.92 Å². The molecule has 0 spiro atoms.